The van der Waals surface area contributed by atoms with Gasteiger partial charge in [-0.05, 0) is 18.4 Å². The van der Waals surface area contributed by atoms with Crippen molar-refractivity contribution in [2.45, 2.75) is 19.3 Å². The van der Waals surface area contributed by atoms with Crippen molar-refractivity contribution in [1.29, 1.82) is 0 Å². The molecule has 0 radical (unpaired) electrons. The molecule has 0 spiro atoms. The minimum absolute atomic E-state index is 0.868. The molecule has 4 heteroatoms. The van der Waals surface area contributed by atoms with E-state index in [-0.39, 0.29) is 0 Å². The van der Waals surface area contributed by atoms with Crippen molar-refractivity contribution in [1.82, 2.24) is 10.2 Å². The second-order valence-electron chi connectivity index (χ2n) is 5.30. The second-order valence-corrected chi connectivity index (χ2v) is 5.30. The predicted octanol–water partition coefficient (Wildman–Crippen LogP) is 2.29. The summed E-state index contributed by atoms with van der Waals surface area (Å²) in [5.41, 5.74) is 1.22. The fraction of sp³-hybridized carbons (Fsp3) is 0.500. The summed E-state index contributed by atoms with van der Waals surface area (Å²) in [7, 11) is 0. The molecule has 108 valence electrons. The molecule has 0 atom stereocenters. The van der Waals surface area contributed by atoms with Gasteiger partial charge in [-0.2, -0.15) is 0 Å². The second kappa shape index (κ2) is 6.77. The molecule has 0 aromatic rings. The lowest BCUT2D eigenvalue weighted by Gasteiger charge is -2.28. The molecule has 4 nitrogen and oxygen atoms in total. The monoisotopic (exact) mass is 274 g/mol. The topological polar surface area (TPSA) is 33.7 Å². The van der Waals surface area contributed by atoms with E-state index in [1.807, 2.05) is 0 Å². The Kier molecular flexibility index (Phi) is 4.56. The number of nitrogens with zero attached hydrogens (tertiary/aromatic N) is 1. The van der Waals surface area contributed by atoms with E-state index in [0.717, 1.165) is 63.5 Å². The highest BCUT2D eigenvalue weighted by molar-refractivity contribution is 5.33. The van der Waals surface area contributed by atoms with E-state index in [4.69, 9.17) is 9.47 Å². The third-order valence-corrected chi connectivity index (χ3v) is 3.83. The number of nitrogens with one attached hydrogen (secondary N) is 1. The largest absolute Gasteiger partial charge is 0.465 e. The molecule has 1 saturated heterocycles. The molecular weight excluding hydrogens is 252 g/mol. The van der Waals surface area contributed by atoms with Crippen LogP contribution in [-0.4, -0.2) is 37.6 Å². The van der Waals surface area contributed by atoms with Crippen molar-refractivity contribution in [2.75, 3.05) is 32.7 Å². The van der Waals surface area contributed by atoms with Gasteiger partial charge < -0.3 is 19.7 Å². The zero-order chi connectivity index (χ0) is 13.6. The molecule has 2 heterocycles. The maximum Gasteiger partial charge on any atom is 0.165 e. The van der Waals surface area contributed by atoms with Crippen LogP contribution in [0.1, 0.15) is 19.3 Å². The van der Waals surface area contributed by atoms with Crippen molar-refractivity contribution in [3.05, 3.63) is 47.8 Å². The minimum Gasteiger partial charge on any atom is -0.465 e. The Morgan fingerprint density at radius 2 is 2.10 bits per heavy atom. The highest BCUT2D eigenvalue weighted by Crippen LogP contribution is 2.27. The van der Waals surface area contributed by atoms with Gasteiger partial charge in [0.05, 0.1) is 0 Å². The van der Waals surface area contributed by atoms with Crippen molar-refractivity contribution < 1.29 is 9.47 Å². The van der Waals surface area contributed by atoms with Gasteiger partial charge >= 0.3 is 0 Å². The summed E-state index contributed by atoms with van der Waals surface area (Å²) in [4.78, 5) is 2.46. The molecule has 0 aromatic heterocycles. The van der Waals surface area contributed by atoms with Crippen LogP contribution in [0.5, 0.6) is 0 Å². The lowest BCUT2D eigenvalue weighted by atomic mass is 10.0. The zero-order valence-electron chi connectivity index (χ0n) is 11.8. The third kappa shape index (κ3) is 3.52. The Labute approximate surface area is 120 Å². The van der Waals surface area contributed by atoms with Crippen molar-refractivity contribution in [3.8, 4) is 0 Å². The first kappa shape index (κ1) is 13.5. The number of ether oxygens (including phenoxy) is 2. The van der Waals surface area contributed by atoms with E-state index in [1.165, 1.54) is 5.57 Å². The fourth-order valence-electron chi connectivity index (χ4n) is 2.62. The van der Waals surface area contributed by atoms with Crippen LogP contribution >= 0.6 is 0 Å². The molecule has 20 heavy (non-hydrogen) atoms. The standard InChI is InChI=1S/C16H22N2O2/c1-2-4-14(5-3-1)16-13-19-12-15(20-16)6-9-18-10-7-17-8-11-18/h1-2,4,12-13,17H,3,5-11H2. The molecule has 0 amide bonds. The number of rotatable bonds is 4. The average molecular weight is 274 g/mol. The Morgan fingerprint density at radius 3 is 2.90 bits per heavy atom. The zero-order valence-corrected chi connectivity index (χ0v) is 11.8. The fourth-order valence-corrected chi connectivity index (χ4v) is 2.62. The Morgan fingerprint density at radius 1 is 1.20 bits per heavy atom. The summed E-state index contributed by atoms with van der Waals surface area (Å²) < 4.78 is 11.4. The molecule has 3 aliphatic rings. The molecule has 0 bridgehead atoms. The van der Waals surface area contributed by atoms with Crippen LogP contribution in [0.3, 0.4) is 0 Å². The Bertz CT molecular complexity index is 457. The molecular formula is C16H22N2O2. The average Bonchev–Trinajstić information content (AvgIpc) is 2.55. The van der Waals surface area contributed by atoms with Crippen LogP contribution in [0.4, 0.5) is 0 Å². The number of piperazine rings is 1. The van der Waals surface area contributed by atoms with Crippen molar-refractivity contribution in [2.24, 2.45) is 0 Å². The quantitative estimate of drug-likeness (QED) is 0.853. The van der Waals surface area contributed by atoms with Crippen LogP contribution in [-0.2, 0) is 9.47 Å². The number of hydrogen-bond donors (Lipinski definition) is 1. The smallest absolute Gasteiger partial charge is 0.165 e. The SMILES string of the molecule is C1=CCCC(C2=COC=C(CCN3CCNCC3)O2)=C1. The van der Waals surface area contributed by atoms with Gasteiger partial charge in [-0.25, -0.2) is 0 Å². The van der Waals surface area contributed by atoms with Crippen LogP contribution in [0.15, 0.2) is 47.8 Å². The molecule has 0 aromatic carbocycles. The highest BCUT2D eigenvalue weighted by atomic mass is 16.5. The van der Waals surface area contributed by atoms with Gasteiger partial charge in [0.1, 0.15) is 18.3 Å². The first-order valence-electron chi connectivity index (χ1n) is 7.43. The minimum atomic E-state index is 0.868. The van der Waals surface area contributed by atoms with Crippen molar-refractivity contribution >= 4 is 0 Å². The highest BCUT2D eigenvalue weighted by Gasteiger charge is 2.16. The van der Waals surface area contributed by atoms with Crippen LogP contribution in [0.25, 0.3) is 0 Å². The van der Waals surface area contributed by atoms with E-state index >= 15 is 0 Å². The Hall–Kier alpha value is -1.52. The molecule has 1 fully saturated rings. The van der Waals surface area contributed by atoms with Crippen molar-refractivity contribution in [3.63, 3.8) is 0 Å². The molecule has 1 N–H and O–H groups in total. The van der Waals surface area contributed by atoms with Gasteiger partial charge in [0.15, 0.2) is 5.76 Å². The lowest BCUT2D eigenvalue weighted by molar-refractivity contribution is 0.192. The van der Waals surface area contributed by atoms with Crippen LogP contribution in [0.2, 0.25) is 0 Å². The molecule has 0 unspecified atom stereocenters. The normalized spacial score (nSPS) is 23.3. The molecule has 3 rings (SSSR count). The maximum absolute atomic E-state index is 5.97. The van der Waals surface area contributed by atoms with Gasteiger partial charge in [0, 0.05) is 39.1 Å². The van der Waals surface area contributed by atoms with E-state index in [1.54, 1.807) is 12.5 Å². The van der Waals surface area contributed by atoms with Crippen LogP contribution in [0, 0.1) is 0 Å². The summed E-state index contributed by atoms with van der Waals surface area (Å²) in [6.07, 6.45) is 12.8. The maximum atomic E-state index is 5.97. The summed E-state index contributed by atoms with van der Waals surface area (Å²) in [6, 6.07) is 0. The third-order valence-electron chi connectivity index (χ3n) is 3.83. The lowest BCUT2D eigenvalue weighted by Crippen LogP contribution is -2.43. The molecule has 2 aliphatic heterocycles. The first-order valence-corrected chi connectivity index (χ1v) is 7.43. The van der Waals surface area contributed by atoms with Gasteiger partial charge in [-0.1, -0.05) is 18.2 Å². The molecule has 0 saturated carbocycles. The van der Waals surface area contributed by atoms with Gasteiger partial charge in [0.25, 0.3) is 0 Å². The number of hydrogen-bond acceptors (Lipinski definition) is 4. The van der Waals surface area contributed by atoms with E-state index in [9.17, 15) is 0 Å². The summed E-state index contributed by atoms with van der Waals surface area (Å²) >= 11 is 0. The first-order chi connectivity index (χ1) is 9.92. The van der Waals surface area contributed by atoms with E-state index < -0.39 is 0 Å². The molecule has 1 aliphatic carbocycles. The summed E-state index contributed by atoms with van der Waals surface area (Å²) in [5.74, 6) is 1.80. The van der Waals surface area contributed by atoms with Gasteiger partial charge in [0.2, 0.25) is 0 Å². The summed E-state index contributed by atoms with van der Waals surface area (Å²) in [6.45, 7) is 5.43. The van der Waals surface area contributed by atoms with Gasteiger partial charge in [-0.3, -0.25) is 0 Å². The van der Waals surface area contributed by atoms with Gasteiger partial charge in [-0.15, -0.1) is 0 Å². The Balaban J connectivity index is 1.50. The predicted molar refractivity (Wildman–Crippen MR) is 78.7 cm³/mol. The summed E-state index contributed by atoms with van der Waals surface area (Å²) in [5, 5.41) is 3.37. The van der Waals surface area contributed by atoms with E-state index in [2.05, 4.69) is 28.4 Å². The van der Waals surface area contributed by atoms with Crippen LogP contribution < -0.4 is 5.32 Å². The van der Waals surface area contributed by atoms with E-state index in [0.29, 0.717) is 0 Å². The number of allylic oxidation sites excluding steroid dienone is 4.